The maximum absolute atomic E-state index is 13.0. The largest absolute Gasteiger partial charge is 0.339 e. The van der Waals surface area contributed by atoms with Crippen molar-refractivity contribution in [1.82, 2.24) is 9.80 Å². The molecule has 0 N–H and O–H groups in total. The van der Waals surface area contributed by atoms with Gasteiger partial charge in [0.25, 0.3) is 5.91 Å². The van der Waals surface area contributed by atoms with E-state index in [4.69, 9.17) is 0 Å². The first-order valence-corrected chi connectivity index (χ1v) is 10.2. The molecule has 1 aliphatic heterocycles. The molecule has 1 heterocycles. The zero-order chi connectivity index (χ0) is 20.3. The Bertz CT molecular complexity index is 828. The van der Waals surface area contributed by atoms with Gasteiger partial charge in [0.2, 0.25) is 5.91 Å². The molecule has 1 saturated heterocycles. The van der Waals surface area contributed by atoms with Crippen LogP contribution in [-0.2, 0) is 4.79 Å². The van der Waals surface area contributed by atoms with Crippen LogP contribution in [0.5, 0.6) is 0 Å². The molecule has 1 aliphatic carbocycles. The number of piperazine rings is 1. The second-order valence-electron chi connectivity index (χ2n) is 8.32. The van der Waals surface area contributed by atoms with Crippen molar-refractivity contribution in [2.24, 2.45) is 11.8 Å². The molecule has 2 amide bonds. The third-order valence-electron chi connectivity index (χ3n) is 5.38. The molecule has 148 valence electrons. The molecule has 1 aromatic rings. The molecule has 3 rings (SSSR count). The van der Waals surface area contributed by atoms with E-state index in [0.717, 1.165) is 11.1 Å². The number of hydrogen-bond acceptors (Lipinski definition) is 2. The summed E-state index contributed by atoms with van der Waals surface area (Å²) in [5.41, 5.74) is 2.59. The van der Waals surface area contributed by atoms with E-state index in [-0.39, 0.29) is 23.8 Å². The van der Waals surface area contributed by atoms with Crippen molar-refractivity contribution in [3.8, 4) is 11.8 Å². The molecule has 28 heavy (non-hydrogen) atoms. The van der Waals surface area contributed by atoms with Gasteiger partial charge in [-0.25, -0.2) is 0 Å². The van der Waals surface area contributed by atoms with Crippen LogP contribution in [0.1, 0.15) is 56.0 Å². The Morgan fingerprint density at radius 3 is 2.68 bits per heavy atom. The Balaban J connectivity index is 1.63. The zero-order valence-corrected chi connectivity index (χ0v) is 17.2. The summed E-state index contributed by atoms with van der Waals surface area (Å²) in [6.45, 7) is 11.5. The van der Waals surface area contributed by atoms with Crippen LogP contribution in [0.4, 0.5) is 0 Å². The molecule has 2 aliphatic rings. The van der Waals surface area contributed by atoms with E-state index in [1.807, 2.05) is 54.8 Å². The summed E-state index contributed by atoms with van der Waals surface area (Å²) in [6, 6.07) is 7.58. The molecule has 2 fully saturated rings. The van der Waals surface area contributed by atoms with Crippen molar-refractivity contribution in [1.29, 1.82) is 0 Å². The molecular weight excluding hydrogens is 348 g/mol. The van der Waals surface area contributed by atoms with Gasteiger partial charge in [0.15, 0.2) is 0 Å². The van der Waals surface area contributed by atoms with Gasteiger partial charge >= 0.3 is 0 Å². The molecule has 0 bridgehead atoms. The van der Waals surface area contributed by atoms with Gasteiger partial charge in [-0.3, -0.25) is 9.59 Å². The normalized spacial score (nSPS) is 20.2. The Labute approximate surface area is 168 Å². The molecule has 4 nitrogen and oxygen atoms in total. The minimum atomic E-state index is -0.0614. The summed E-state index contributed by atoms with van der Waals surface area (Å²) in [4.78, 5) is 29.5. The number of carbonyl (C=O) groups excluding carboxylic acids is 2. The summed E-state index contributed by atoms with van der Waals surface area (Å²) in [7, 11) is 0. The summed E-state index contributed by atoms with van der Waals surface area (Å²) in [5, 5.41) is 0. The fourth-order valence-corrected chi connectivity index (χ4v) is 3.69. The molecule has 2 atom stereocenters. The van der Waals surface area contributed by atoms with Crippen molar-refractivity contribution in [3.63, 3.8) is 0 Å². The number of amides is 2. The van der Waals surface area contributed by atoms with E-state index in [2.05, 4.69) is 18.4 Å². The highest BCUT2D eigenvalue weighted by atomic mass is 16.2. The maximum Gasteiger partial charge on any atom is 0.254 e. The minimum Gasteiger partial charge on any atom is -0.339 e. The predicted octanol–water partition coefficient (Wildman–Crippen LogP) is 3.72. The predicted molar refractivity (Wildman–Crippen MR) is 112 cm³/mol. The second kappa shape index (κ2) is 8.65. The molecule has 0 aromatic heterocycles. The summed E-state index contributed by atoms with van der Waals surface area (Å²) >= 11 is 0. The van der Waals surface area contributed by atoms with Crippen molar-refractivity contribution in [3.05, 3.63) is 47.5 Å². The average molecular weight is 379 g/mol. The maximum atomic E-state index is 13.0. The summed E-state index contributed by atoms with van der Waals surface area (Å²) in [6.07, 6.45) is 3.09. The number of hydrogen-bond donors (Lipinski definition) is 0. The molecule has 1 aromatic carbocycles. The van der Waals surface area contributed by atoms with Gasteiger partial charge in [0, 0.05) is 48.6 Å². The lowest BCUT2D eigenvalue weighted by Gasteiger charge is -2.40. The highest BCUT2D eigenvalue weighted by Gasteiger charge is 2.31. The number of allylic oxidation sites excluding steroid dienone is 1. The van der Waals surface area contributed by atoms with Crippen molar-refractivity contribution < 1.29 is 9.59 Å². The average Bonchev–Trinajstić information content (AvgIpc) is 3.49. The quantitative estimate of drug-likeness (QED) is 0.592. The molecule has 0 spiro atoms. The van der Waals surface area contributed by atoms with Gasteiger partial charge in [-0.15, -0.1) is 6.58 Å². The van der Waals surface area contributed by atoms with E-state index < -0.39 is 0 Å². The monoisotopic (exact) mass is 378 g/mol. The van der Waals surface area contributed by atoms with Crippen LogP contribution >= 0.6 is 0 Å². The van der Waals surface area contributed by atoms with Crippen molar-refractivity contribution in [2.45, 2.75) is 46.1 Å². The molecule has 4 heteroatoms. The molecule has 1 unspecified atom stereocenters. The van der Waals surface area contributed by atoms with Gasteiger partial charge < -0.3 is 9.80 Å². The van der Waals surface area contributed by atoms with Crippen LogP contribution in [0.3, 0.4) is 0 Å². The Kier molecular flexibility index (Phi) is 6.24. The fourth-order valence-electron chi connectivity index (χ4n) is 3.69. The number of nitrogens with zero attached hydrogens (tertiary/aromatic N) is 2. The number of rotatable bonds is 4. The van der Waals surface area contributed by atoms with E-state index >= 15 is 0 Å². The highest BCUT2D eigenvalue weighted by molar-refractivity contribution is 5.95. The van der Waals surface area contributed by atoms with Gasteiger partial charge in [0.1, 0.15) is 0 Å². The first-order chi connectivity index (χ1) is 13.3. The topological polar surface area (TPSA) is 40.6 Å². The van der Waals surface area contributed by atoms with E-state index in [1.54, 1.807) is 0 Å². The van der Waals surface area contributed by atoms with Crippen LogP contribution < -0.4 is 0 Å². The fraction of sp³-hybridized carbons (Fsp3) is 0.500. The lowest BCUT2D eigenvalue weighted by atomic mass is 10.0. The van der Waals surface area contributed by atoms with Crippen molar-refractivity contribution in [2.75, 3.05) is 19.6 Å². The minimum absolute atomic E-state index is 0.0107. The number of benzene rings is 1. The Morgan fingerprint density at radius 2 is 2.04 bits per heavy atom. The van der Waals surface area contributed by atoms with E-state index in [0.29, 0.717) is 37.5 Å². The van der Waals surface area contributed by atoms with Gasteiger partial charge in [-0.2, -0.15) is 0 Å². The lowest BCUT2D eigenvalue weighted by molar-refractivity contribution is -0.137. The molecule has 1 saturated carbocycles. The van der Waals surface area contributed by atoms with Crippen LogP contribution in [0.2, 0.25) is 0 Å². The van der Waals surface area contributed by atoms with Crippen LogP contribution in [-0.4, -0.2) is 47.3 Å². The lowest BCUT2D eigenvalue weighted by Crippen LogP contribution is -2.56. The number of carbonyl (C=O) groups is 2. The first-order valence-electron chi connectivity index (χ1n) is 10.2. The summed E-state index contributed by atoms with van der Waals surface area (Å²) < 4.78 is 0. The second-order valence-corrected chi connectivity index (χ2v) is 8.32. The van der Waals surface area contributed by atoms with Gasteiger partial charge in [0.05, 0.1) is 0 Å². The highest BCUT2D eigenvalue weighted by Crippen LogP contribution is 2.27. The smallest absolute Gasteiger partial charge is 0.254 e. The van der Waals surface area contributed by atoms with Crippen LogP contribution in [0, 0.1) is 23.7 Å². The molecule has 0 radical (unpaired) electrons. The van der Waals surface area contributed by atoms with E-state index in [9.17, 15) is 9.59 Å². The van der Waals surface area contributed by atoms with Gasteiger partial charge in [-0.1, -0.05) is 30.4 Å². The third kappa shape index (κ3) is 5.04. The third-order valence-corrected chi connectivity index (χ3v) is 5.38. The van der Waals surface area contributed by atoms with E-state index in [1.165, 1.54) is 12.8 Å². The van der Waals surface area contributed by atoms with Crippen LogP contribution in [0.15, 0.2) is 36.4 Å². The zero-order valence-electron chi connectivity index (χ0n) is 17.2. The summed E-state index contributed by atoms with van der Waals surface area (Å²) in [5.74, 6) is 7.08. The standard InChI is InChI=1S/C24H30N2O2/c1-17(2)14-18(3)23(27)25-12-13-26(19(4)16-25)24(28)22-7-5-6-21(15-22)11-10-20-8-9-20/h5-7,15,18-20H,1,8-9,12-14,16H2,2-4H3/t18?,19-/m1/s1. The molecular formula is C24H30N2O2. The van der Waals surface area contributed by atoms with Crippen LogP contribution in [0.25, 0.3) is 0 Å². The van der Waals surface area contributed by atoms with Gasteiger partial charge in [-0.05, 0) is 51.3 Å². The Morgan fingerprint density at radius 1 is 1.29 bits per heavy atom. The Hall–Kier alpha value is -2.54. The van der Waals surface area contributed by atoms with Crippen molar-refractivity contribution >= 4 is 11.8 Å². The first kappa shape index (κ1) is 20.2. The SMILES string of the molecule is C=C(C)CC(C)C(=O)N1CCN(C(=O)c2cccc(C#CC3CC3)c2)[C@H](C)C1.